The molecule has 158 valence electrons. The molecule has 1 aromatic heterocycles. The number of carbonyl (C=O) groups excluding carboxylic acids is 2. The zero-order valence-corrected chi connectivity index (χ0v) is 19.1. The van der Waals surface area contributed by atoms with Crippen molar-refractivity contribution in [2.24, 2.45) is 4.99 Å². The lowest BCUT2D eigenvalue weighted by atomic mass is 10.0. The molecule has 2 aromatic carbocycles. The van der Waals surface area contributed by atoms with Crippen molar-refractivity contribution in [1.82, 2.24) is 4.57 Å². The Hall–Kier alpha value is -2.38. The van der Waals surface area contributed by atoms with Gasteiger partial charge in [-0.1, -0.05) is 49.4 Å². The van der Waals surface area contributed by atoms with Crippen LogP contribution in [0.25, 0.3) is 10.2 Å². The third-order valence-electron chi connectivity index (χ3n) is 4.51. The first-order chi connectivity index (χ1) is 14.5. The first kappa shape index (κ1) is 22.3. The minimum atomic E-state index is -0.335. The van der Waals surface area contributed by atoms with E-state index in [1.807, 2.05) is 36.4 Å². The molecule has 0 fully saturated rings. The maximum Gasteiger partial charge on any atom is 0.326 e. The molecular weight excluding hydrogens is 416 g/mol. The summed E-state index contributed by atoms with van der Waals surface area (Å²) >= 11 is 3.07. The number of aromatic nitrogens is 1. The van der Waals surface area contributed by atoms with Gasteiger partial charge in [0.05, 0.1) is 16.8 Å². The summed E-state index contributed by atoms with van der Waals surface area (Å²) in [5.41, 5.74) is 2.10. The van der Waals surface area contributed by atoms with Crippen LogP contribution in [0.2, 0.25) is 0 Å². The number of rotatable bonds is 8. The second-order valence-corrected chi connectivity index (χ2v) is 9.25. The van der Waals surface area contributed by atoms with E-state index in [0.29, 0.717) is 29.5 Å². The largest absolute Gasteiger partial charge is 0.465 e. The topological polar surface area (TPSA) is 60.7 Å². The third-order valence-corrected chi connectivity index (χ3v) is 6.57. The van der Waals surface area contributed by atoms with Crippen molar-refractivity contribution in [3.8, 4) is 0 Å². The molecule has 0 N–H and O–H groups in total. The lowest BCUT2D eigenvalue weighted by Gasteiger charge is -2.07. The summed E-state index contributed by atoms with van der Waals surface area (Å²) in [5, 5.41) is 0. The number of nitrogens with zero attached hydrogens (tertiary/aromatic N) is 2. The van der Waals surface area contributed by atoms with E-state index in [0.717, 1.165) is 15.1 Å². The van der Waals surface area contributed by atoms with Crippen LogP contribution in [0.1, 0.15) is 38.7 Å². The quantitative estimate of drug-likeness (QED) is 0.364. The van der Waals surface area contributed by atoms with Crippen LogP contribution < -0.4 is 4.80 Å². The average molecular weight is 443 g/mol. The Balaban J connectivity index is 1.85. The van der Waals surface area contributed by atoms with Crippen molar-refractivity contribution in [3.05, 3.63) is 58.9 Å². The Morgan fingerprint density at radius 1 is 1.17 bits per heavy atom. The molecule has 0 aliphatic heterocycles. The fourth-order valence-corrected chi connectivity index (χ4v) is 4.92. The molecule has 0 bridgehead atoms. The minimum Gasteiger partial charge on any atom is -0.465 e. The predicted molar refractivity (Wildman–Crippen MR) is 123 cm³/mol. The van der Waals surface area contributed by atoms with Crippen LogP contribution in [-0.2, 0) is 20.9 Å². The van der Waals surface area contributed by atoms with Crippen molar-refractivity contribution in [2.45, 2.75) is 44.6 Å². The molecule has 0 spiro atoms. The van der Waals surface area contributed by atoms with Crippen molar-refractivity contribution in [2.75, 3.05) is 12.4 Å². The van der Waals surface area contributed by atoms with E-state index in [-0.39, 0.29) is 18.4 Å². The highest BCUT2D eigenvalue weighted by molar-refractivity contribution is 7.99. The highest BCUT2D eigenvalue weighted by atomic mass is 32.2. The zero-order valence-electron chi connectivity index (χ0n) is 17.5. The molecule has 0 unspecified atom stereocenters. The van der Waals surface area contributed by atoms with Gasteiger partial charge in [0.25, 0.3) is 0 Å². The lowest BCUT2D eigenvalue weighted by molar-refractivity contribution is -0.143. The fourth-order valence-electron chi connectivity index (χ4n) is 2.96. The monoisotopic (exact) mass is 442 g/mol. The van der Waals surface area contributed by atoms with Gasteiger partial charge in [-0.25, -0.2) is 0 Å². The molecule has 0 atom stereocenters. The first-order valence-electron chi connectivity index (χ1n) is 10.0. The first-order valence-corrected chi connectivity index (χ1v) is 11.8. The van der Waals surface area contributed by atoms with E-state index < -0.39 is 0 Å². The SMILES string of the molecule is CCOC(=O)Cn1c(=NC(=O)CCSc2ccccc2)sc2cc(C(C)C)ccc21. The molecule has 5 nitrogen and oxygen atoms in total. The number of esters is 1. The van der Waals surface area contributed by atoms with Gasteiger partial charge in [0, 0.05) is 17.1 Å². The number of amides is 1. The van der Waals surface area contributed by atoms with Crippen LogP contribution in [-0.4, -0.2) is 28.8 Å². The maximum atomic E-state index is 12.5. The summed E-state index contributed by atoms with van der Waals surface area (Å²) in [6, 6.07) is 16.2. The number of ether oxygens (including phenoxy) is 1. The molecule has 0 saturated carbocycles. The minimum absolute atomic E-state index is 0.0414. The smallest absolute Gasteiger partial charge is 0.326 e. The van der Waals surface area contributed by atoms with Gasteiger partial charge in [-0.05, 0) is 42.7 Å². The standard InChI is InChI=1S/C23H26N2O3S2/c1-4-28-22(27)15-25-19-11-10-17(16(2)3)14-20(19)30-23(25)24-21(26)12-13-29-18-8-6-5-7-9-18/h5-11,14,16H,4,12-13,15H2,1-3H3. The summed E-state index contributed by atoms with van der Waals surface area (Å²) < 4.78 is 7.91. The van der Waals surface area contributed by atoms with Crippen molar-refractivity contribution in [1.29, 1.82) is 0 Å². The predicted octanol–water partition coefficient (Wildman–Crippen LogP) is 5.00. The maximum absolute atomic E-state index is 12.5. The van der Waals surface area contributed by atoms with E-state index in [4.69, 9.17) is 4.74 Å². The van der Waals surface area contributed by atoms with Crippen LogP contribution in [0.3, 0.4) is 0 Å². The van der Waals surface area contributed by atoms with Gasteiger partial charge in [-0.3, -0.25) is 9.59 Å². The van der Waals surface area contributed by atoms with Crippen molar-refractivity contribution < 1.29 is 14.3 Å². The van der Waals surface area contributed by atoms with Crippen LogP contribution in [0.5, 0.6) is 0 Å². The molecule has 3 aromatic rings. The summed E-state index contributed by atoms with van der Waals surface area (Å²) in [6.07, 6.45) is 0.338. The van der Waals surface area contributed by atoms with Gasteiger partial charge in [0.1, 0.15) is 6.54 Å². The molecule has 7 heteroatoms. The Morgan fingerprint density at radius 2 is 1.93 bits per heavy atom. The number of hydrogen-bond acceptors (Lipinski definition) is 5. The second-order valence-electron chi connectivity index (χ2n) is 7.07. The Labute approximate surface area is 184 Å². The molecule has 3 rings (SSSR count). The van der Waals surface area contributed by atoms with Gasteiger partial charge in [0.15, 0.2) is 4.80 Å². The molecule has 1 amide bonds. The number of benzene rings is 2. The number of thiazole rings is 1. The molecule has 0 aliphatic rings. The van der Waals surface area contributed by atoms with Crippen LogP contribution in [0, 0.1) is 0 Å². The van der Waals surface area contributed by atoms with Crippen molar-refractivity contribution in [3.63, 3.8) is 0 Å². The highest BCUT2D eigenvalue weighted by Gasteiger charge is 2.13. The van der Waals surface area contributed by atoms with Gasteiger partial charge in [-0.15, -0.1) is 11.8 Å². The van der Waals surface area contributed by atoms with E-state index in [9.17, 15) is 9.59 Å². The summed E-state index contributed by atoms with van der Waals surface area (Å²) in [6.45, 7) is 6.42. The average Bonchev–Trinajstić information content (AvgIpc) is 3.05. The normalized spacial score (nSPS) is 11.9. The van der Waals surface area contributed by atoms with E-state index in [1.165, 1.54) is 16.9 Å². The number of fused-ring (bicyclic) bond motifs is 1. The summed E-state index contributed by atoms with van der Waals surface area (Å²) in [7, 11) is 0. The number of thioether (sulfide) groups is 1. The van der Waals surface area contributed by atoms with E-state index >= 15 is 0 Å². The van der Waals surface area contributed by atoms with E-state index in [2.05, 4.69) is 31.0 Å². The van der Waals surface area contributed by atoms with Crippen molar-refractivity contribution >= 4 is 45.2 Å². The summed E-state index contributed by atoms with van der Waals surface area (Å²) in [4.78, 5) is 30.6. The van der Waals surface area contributed by atoms with Gasteiger partial charge in [0.2, 0.25) is 5.91 Å². The molecular formula is C23H26N2O3S2. The Kier molecular flexibility index (Phi) is 7.87. The molecule has 0 aliphatic carbocycles. The third kappa shape index (κ3) is 5.83. The second kappa shape index (κ2) is 10.6. The highest BCUT2D eigenvalue weighted by Crippen LogP contribution is 2.24. The fraction of sp³-hybridized carbons (Fsp3) is 0.348. The Bertz CT molecular complexity index is 1080. The van der Waals surface area contributed by atoms with Crippen LogP contribution >= 0.6 is 23.1 Å². The molecule has 0 radical (unpaired) electrons. The Morgan fingerprint density at radius 3 is 2.63 bits per heavy atom. The van der Waals surface area contributed by atoms with Crippen LogP contribution in [0.4, 0.5) is 0 Å². The van der Waals surface area contributed by atoms with Crippen LogP contribution in [0.15, 0.2) is 58.4 Å². The van der Waals surface area contributed by atoms with E-state index in [1.54, 1.807) is 23.3 Å². The lowest BCUT2D eigenvalue weighted by Crippen LogP contribution is -2.23. The number of carbonyl (C=O) groups is 2. The summed E-state index contributed by atoms with van der Waals surface area (Å²) in [5.74, 6) is 0.532. The van der Waals surface area contributed by atoms with Gasteiger partial charge < -0.3 is 9.30 Å². The number of hydrogen-bond donors (Lipinski definition) is 0. The van der Waals surface area contributed by atoms with Gasteiger partial charge in [-0.2, -0.15) is 4.99 Å². The molecule has 30 heavy (non-hydrogen) atoms. The molecule has 0 saturated heterocycles. The molecule has 1 heterocycles. The zero-order chi connectivity index (χ0) is 21.5. The van der Waals surface area contributed by atoms with Gasteiger partial charge >= 0.3 is 5.97 Å².